The monoisotopic (exact) mass is 484 g/mol. The standard InChI is InChI=1S/C22H25ClN8O3/c1-12-8-17-19(34-28-20(17)24)21(25-12)30-6-4-13(10-30)26-22(33)16-3-2-15(9-18(16)23)31-11-14(5-7-32)27-29-31/h2,8-9,11,13,16,32H,3-7,10H2,1H3,(H2,24,28)(H,26,33)/t13-,16?/m1/s1. The van der Waals surface area contributed by atoms with Crippen molar-refractivity contribution in [2.75, 3.05) is 30.3 Å². The summed E-state index contributed by atoms with van der Waals surface area (Å²) in [6, 6.07) is 1.81. The fourth-order valence-electron chi connectivity index (χ4n) is 4.35. The number of halogens is 1. The van der Waals surface area contributed by atoms with Crippen LogP contribution in [0.5, 0.6) is 0 Å². The normalized spacial score (nSPS) is 20.5. The fourth-order valence-corrected chi connectivity index (χ4v) is 4.65. The molecule has 4 N–H and O–H groups in total. The highest BCUT2D eigenvalue weighted by molar-refractivity contribution is 6.32. The van der Waals surface area contributed by atoms with Crippen molar-refractivity contribution in [2.45, 2.75) is 32.2 Å². The molecule has 5 rings (SSSR count). The van der Waals surface area contributed by atoms with E-state index in [1.54, 1.807) is 17.0 Å². The molecule has 0 saturated carbocycles. The van der Waals surface area contributed by atoms with Crippen LogP contribution in [0.1, 0.15) is 24.2 Å². The van der Waals surface area contributed by atoms with Gasteiger partial charge in [0.05, 0.1) is 28.9 Å². The number of anilines is 2. The molecule has 34 heavy (non-hydrogen) atoms. The van der Waals surface area contributed by atoms with Gasteiger partial charge in [0.1, 0.15) is 0 Å². The van der Waals surface area contributed by atoms with E-state index in [0.29, 0.717) is 47.3 Å². The third-order valence-corrected chi connectivity index (χ3v) is 6.47. The van der Waals surface area contributed by atoms with Gasteiger partial charge in [-0.05, 0) is 31.9 Å². The Morgan fingerprint density at radius 1 is 1.44 bits per heavy atom. The van der Waals surface area contributed by atoms with Gasteiger partial charge >= 0.3 is 0 Å². The predicted octanol–water partition coefficient (Wildman–Crippen LogP) is 1.62. The number of nitrogens with one attached hydrogen (secondary N) is 1. The van der Waals surface area contributed by atoms with Crippen molar-refractivity contribution in [3.63, 3.8) is 0 Å². The van der Waals surface area contributed by atoms with Gasteiger partial charge in [-0.1, -0.05) is 28.0 Å². The van der Waals surface area contributed by atoms with Gasteiger partial charge in [0, 0.05) is 42.9 Å². The number of hydrogen-bond donors (Lipinski definition) is 3. The number of amides is 1. The Kier molecular flexibility index (Phi) is 5.96. The zero-order valence-electron chi connectivity index (χ0n) is 18.6. The number of aromatic nitrogens is 5. The minimum Gasteiger partial charge on any atom is -0.396 e. The summed E-state index contributed by atoms with van der Waals surface area (Å²) in [6.45, 7) is 3.22. The summed E-state index contributed by atoms with van der Waals surface area (Å²) in [7, 11) is 0. The van der Waals surface area contributed by atoms with E-state index in [-0.39, 0.29) is 18.6 Å². The van der Waals surface area contributed by atoms with E-state index in [1.165, 1.54) is 0 Å². The van der Waals surface area contributed by atoms with E-state index in [0.717, 1.165) is 29.7 Å². The second-order valence-corrected chi connectivity index (χ2v) is 8.98. The van der Waals surface area contributed by atoms with Crippen molar-refractivity contribution >= 4 is 45.8 Å². The highest BCUT2D eigenvalue weighted by Gasteiger charge is 2.31. The van der Waals surface area contributed by atoms with E-state index in [9.17, 15) is 4.79 Å². The first kappa shape index (κ1) is 22.4. The summed E-state index contributed by atoms with van der Waals surface area (Å²) in [5.41, 5.74) is 8.73. The van der Waals surface area contributed by atoms with Crippen molar-refractivity contribution in [2.24, 2.45) is 5.92 Å². The molecule has 12 heteroatoms. The van der Waals surface area contributed by atoms with Crippen LogP contribution < -0.4 is 16.0 Å². The highest BCUT2D eigenvalue weighted by Crippen LogP contribution is 2.32. The zero-order valence-corrected chi connectivity index (χ0v) is 19.4. The molecule has 1 aliphatic heterocycles. The molecule has 11 nitrogen and oxygen atoms in total. The molecule has 3 aromatic heterocycles. The molecule has 1 saturated heterocycles. The molecule has 2 atom stereocenters. The molecule has 1 unspecified atom stereocenters. The molecule has 3 aromatic rings. The Bertz CT molecular complexity index is 1300. The van der Waals surface area contributed by atoms with Crippen LogP contribution in [0, 0.1) is 12.8 Å². The van der Waals surface area contributed by atoms with Crippen LogP contribution in [0.2, 0.25) is 0 Å². The number of aliphatic hydroxyl groups excluding tert-OH is 1. The number of pyridine rings is 1. The van der Waals surface area contributed by atoms with Gasteiger partial charge in [-0.2, -0.15) is 0 Å². The smallest absolute Gasteiger partial charge is 0.229 e. The van der Waals surface area contributed by atoms with Gasteiger partial charge in [0.2, 0.25) is 11.5 Å². The molecule has 1 fully saturated rings. The van der Waals surface area contributed by atoms with Crippen LogP contribution in [0.3, 0.4) is 0 Å². The summed E-state index contributed by atoms with van der Waals surface area (Å²) in [6.07, 6.45) is 7.05. The van der Waals surface area contributed by atoms with E-state index in [4.69, 9.17) is 27.0 Å². The number of nitrogen functional groups attached to an aromatic ring is 1. The van der Waals surface area contributed by atoms with Crippen LogP contribution in [-0.4, -0.2) is 61.9 Å². The molecule has 1 aliphatic carbocycles. The molecule has 2 aliphatic rings. The summed E-state index contributed by atoms with van der Waals surface area (Å²) in [4.78, 5) is 19.7. The molecule has 0 bridgehead atoms. The number of nitrogens with two attached hydrogens (primary N) is 1. The average molecular weight is 485 g/mol. The third-order valence-electron chi connectivity index (χ3n) is 6.10. The lowest BCUT2D eigenvalue weighted by atomic mass is 9.97. The first-order valence-electron chi connectivity index (χ1n) is 11.1. The first-order chi connectivity index (χ1) is 16.4. The Morgan fingerprint density at radius 2 is 2.29 bits per heavy atom. The van der Waals surface area contributed by atoms with Gasteiger partial charge < -0.3 is 25.6 Å². The van der Waals surface area contributed by atoms with E-state index in [2.05, 4.69) is 30.7 Å². The number of rotatable bonds is 6. The lowest BCUT2D eigenvalue weighted by molar-refractivity contribution is -0.124. The lowest BCUT2D eigenvalue weighted by Gasteiger charge is -2.22. The second kappa shape index (κ2) is 9.07. The summed E-state index contributed by atoms with van der Waals surface area (Å²) in [5, 5.41) is 25.3. The molecule has 4 heterocycles. The van der Waals surface area contributed by atoms with Gasteiger partial charge in [-0.3, -0.25) is 4.79 Å². The van der Waals surface area contributed by atoms with Crippen molar-refractivity contribution in [1.29, 1.82) is 0 Å². The second-order valence-electron chi connectivity index (χ2n) is 8.55. The Morgan fingerprint density at radius 3 is 3.09 bits per heavy atom. The molecule has 178 valence electrons. The maximum atomic E-state index is 13.0. The maximum absolute atomic E-state index is 13.0. The SMILES string of the molecule is Cc1cc2c(N)noc2c(N2CC[C@@H](NC(=O)C3CC=C(n4cc(CCO)nn4)C=C3Cl)C2)n1. The fraction of sp³-hybridized carbons (Fsp3) is 0.409. The van der Waals surface area contributed by atoms with Crippen LogP contribution in [0.4, 0.5) is 11.6 Å². The van der Waals surface area contributed by atoms with E-state index < -0.39 is 5.92 Å². The number of carbonyl (C=O) groups excluding carboxylic acids is 1. The lowest BCUT2D eigenvalue weighted by Crippen LogP contribution is -2.41. The number of aliphatic hydroxyl groups is 1. The number of nitrogens with zero attached hydrogens (tertiary/aromatic N) is 6. The molecular weight excluding hydrogens is 460 g/mol. The zero-order chi connectivity index (χ0) is 23.8. The van der Waals surface area contributed by atoms with Gasteiger partial charge in [0.15, 0.2) is 11.6 Å². The van der Waals surface area contributed by atoms with Gasteiger partial charge in [-0.15, -0.1) is 5.10 Å². The largest absolute Gasteiger partial charge is 0.396 e. The van der Waals surface area contributed by atoms with E-state index in [1.807, 2.05) is 19.1 Å². The van der Waals surface area contributed by atoms with Gasteiger partial charge in [-0.25, -0.2) is 9.67 Å². The van der Waals surface area contributed by atoms with Crippen molar-refractivity contribution in [1.82, 2.24) is 30.5 Å². The number of fused-ring (bicyclic) bond motifs is 1. The summed E-state index contributed by atoms with van der Waals surface area (Å²) in [5.74, 6) is 0.451. The topological polar surface area (TPSA) is 148 Å². The predicted molar refractivity (Wildman–Crippen MR) is 127 cm³/mol. The molecule has 1 amide bonds. The number of allylic oxidation sites excluding steroid dienone is 3. The first-order valence-corrected chi connectivity index (χ1v) is 11.5. The highest BCUT2D eigenvalue weighted by atomic mass is 35.5. The Labute approximate surface area is 200 Å². The number of carbonyl (C=O) groups is 1. The Hall–Kier alpha value is -3.44. The van der Waals surface area contributed by atoms with Crippen molar-refractivity contribution in [3.05, 3.63) is 40.8 Å². The summed E-state index contributed by atoms with van der Waals surface area (Å²) < 4.78 is 7.01. The van der Waals surface area contributed by atoms with Crippen LogP contribution in [0.15, 0.2) is 34.0 Å². The number of aryl methyl sites for hydroxylation is 1. The average Bonchev–Trinajstić information content (AvgIpc) is 3.55. The molecule has 0 spiro atoms. The quantitative estimate of drug-likeness (QED) is 0.474. The maximum Gasteiger partial charge on any atom is 0.229 e. The minimum absolute atomic E-state index is 0.00640. The molecule has 0 radical (unpaired) electrons. The van der Waals surface area contributed by atoms with Crippen molar-refractivity contribution in [3.8, 4) is 0 Å². The van der Waals surface area contributed by atoms with Gasteiger partial charge in [0.25, 0.3) is 0 Å². The molecular formula is C22H25ClN8O3. The summed E-state index contributed by atoms with van der Waals surface area (Å²) >= 11 is 6.49. The van der Waals surface area contributed by atoms with Crippen LogP contribution in [-0.2, 0) is 11.2 Å². The van der Waals surface area contributed by atoms with Crippen molar-refractivity contribution < 1.29 is 14.4 Å². The molecule has 0 aromatic carbocycles. The van der Waals surface area contributed by atoms with Crippen LogP contribution in [0.25, 0.3) is 16.7 Å². The minimum atomic E-state index is -0.460. The Balaban J connectivity index is 1.23. The number of hydrogen-bond acceptors (Lipinski definition) is 9. The third kappa shape index (κ3) is 4.24. The van der Waals surface area contributed by atoms with E-state index >= 15 is 0 Å². The van der Waals surface area contributed by atoms with Crippen LogP contribution >= 0.6 is 11.6 Å².